The fraction of sp³-hybridized carbons (Fsp3) is 0.611. The van der Waals surface area contributed by atoms with Gasteiger partial charge in [-0.1, -0.05) is 30.3 Å². The Hall–Kier alpha value is -1.55. The van der Waals surface area contributed by atoms with Crippen molar-refractivity contribution < 1.29 is 4.74 Å². The second kappa shape index (κ2) is 7.63. The molecule has 2 fully saturated rings. The molecular weight excluding hydrogens is 274 g/mol. The molecule has 2 heterocycles. The monoisotopic (exact) mass is 301 g/mol. The molecule has 0 spiro atoms. The highest BCUT2D eigenvalue weighted by molar-refractivity contribution is 5.80. The zero-order valence-corrected chi connectivity index (χ0v) is 13.5. The van der Waals surface area contributed by atoms with Crippen LogP contribution >= 0.6 is 0 Å². The fourth-order valence-corrected chi connectivity index (χ4v) is 3.39. The molecule has 2 aliphatic rings. The zero-order chi connectivity index (χ0) is 15.2. The number of rotatable bonds is 4. The van der Waals surface area contributed by atoms with Crippen LogP contribution in [0.5, 0.6) is 0 Å². The summed E-state index contributed by atoms with van der Waals surface area (Å²) in [6, 6.07) is 10.6. The van der Waals surface area contributed by atoms with Crippen LogP contribution in [0.4, 0.5) is 0 Å². The van der Waals surface area contributed by atoms with E-state index in [4.69, 9.17) is 9.73 Å². The van der Waals surface area contributed by atoms with Crippen LogP contribution in [0.15, 0.2) is 35.3 Å². The Morgan fingerprint density at radius 2 is 2.05 bits per heavy atom. The first-order chi connectivity index (χ1) is 10.9. The molecule has 1 N–H and O–H groups in total. The Morgan fingerprint density at radius 3 is 2.77 bits per heavy atom. The highest BCUT2D eigenvalue weighted by Crippen LogP contribution is 2.34. The molecule has 2 atom stereocenters. The van der Waals surface area contributed by atoms with Crippen LogP contribution in [0.1, 0.15) is 37.9 Å². The molecule has 2 unspecified atom stereocenters. The first-order valence-corrected chi connectivity index (χ1v) is 8.58. The van der Waals surface area contributed by atoms with Crippen molar-refractivity contribution >= 4 is 5.96 Å². The maximum absolute atomic E-state index is 5.97. The fourth-order valence-electron chi connectivity index (χ4n) is 3.39. The van der Waals surface area contributed by atoms with E-state index in [0.29, 0.717) is 5.92 Å². The Morgan fingerprint density at radius 1 is 1.27 bits per heavy atom. The first kappa shape index (κ1) is 15.3. The topological polar surface area (TPSA) is 36.9 Å². The molecule has 0 saturated carbocycles. The average Bonchev–Trinajstić information content (AvgIpc) is 3.24. The normalized spacial score (nSPS) is 25.7. The second-order valence-electron chi connectivity index (χ2n) is 6.14. The summed E-state index contributed by atoms with van der Waals surface area (Å²) in [6.45, 7) is 7.03. The molecule has 22 heavy (non-hydrogen) atoms. The van der Waals surface area contributed by atoms with Crippen molar-refractivity contribution in [2.24, 2.45) is 10.9 Å². The van der Waals surface area contributed by atoms with Crippen molar-refractivity contribution in [1.82, 2.24) is 10.2 Å². The van der Waals surface area contributed by atoms with E-state index in [0.717, 1.165) is 45.2 Å². The molecule has 1 aromatic rings. The summed E-state index contributed by atoms with van der Waals surface area (Å²) >= 11 is 0. The molecule has 1 aromatic carbocycles. The maximum atomic E-state index is 5.97. The van der Waals surface area contributed by atoms with Gasteiger partial charge >= 0.3 is 0 Å². The number of nitrogens with one attached hydrogen (secondary N) is 1. The van der Waals surface area contributed by atoms with Crippen LogP contribution in [0, 0.1) is 5.92 Å². The van der Waals surface area contributed by atoms with Gasteiger partial charge in [-0.25, -0.2) is 0 Å². The van der Waals surface area contributed by atoms with Crippen LogP contribution in [0.2, 0.25) is 0 Å². The van der Waals surface area contributed by atoms with E-state index in [1.807, 2.05) is 0 Å². The highest BCUT2D eigenvalue weighted by Gasteiger charge is 2.29. The third-order valence-corrected chi connectivity index (χ3v) is 4.56. The van der Waals surface area contributed by atoms with E-state index in [1.165, 1.54) is 18.4 Å². The van der Waals surface area contributed by atoms with Gasteiger partial charge in [-0.15, -0.1) is 0 Å². The van der Waals surface area contributed by atoms with E-state index in [2.05, 4.69) is 47.5 Å². The van der Waals surface area contributed by atoms with Gasteiger partial charge in [0.05, 0.1) is 6.10 Å². The Bertz CT molecular complexity index is 482. The number of hydrogen-bond donors (Lipinski definition) is 1. The SMILES string of the molecule is CCNC(=NCC1CCOC1c1ccccc1)N1CCCC1. The third-order valence-electron chi connectivity index (χ3n) is 4.56. The summed E-state index contributed by atoms with van der Waals surface area (Å²) < 4.78 is 5.97. The van der Waals surface area contributed by atoms with E-state index in [9.17, 15) is 0 Å². The van der Waals surface area contributed by atoms with E-state index in [-0.39, 0.29) is 6.10 Å². The van der Waals surface area contributed by atoms with Gasteiger partial charge in [-0.2, -0.15) is 0 Å². The number of nitrogens with zero attached hydrogens (tertiary/aromatic N) is 2. The summed E-state index contributed by atoms with van der Waals surface area (Å²) in [6.07, 6.45) is 3.86. The van der Waals surface area contributed by atoms with Crippen molar-refractivity contribution in [3.8, 4) is 0 Å². The molecule has 0 radical (unpaired) electrons. The quantitative estimate of drug-likeness (QED) is 0.686. The minimum Gasteiger partial charge on any atom is -0.373 e. The number of ether oxygens (including phenoxy) is 1. The minimum atomic E-state index is 0.200. The Kier molecular flexibility index (Phi) is 5.33. The number of guanidine groups is 1. The lowest BCUT2D eigenvalue weighted by Crippen LogP contribution is -2.40. The average molecular weight is 301 g/mol. The van der Waals surface area contributed by atoms with E-state index >= 15 is 0 Å². The summed E-state index contributed by atoms with van der Waals surface area (Å²) in [5.41, 5.74) is 1.28. The summed E-state index contributed by atoms with van der Waals surface area (Å²) in [4.78, 5) is 7.29. The van der Waals surface area contributed by atoms with Gasteiger partial charge in [0, 0.05) is 38.7 Å². The summed E-state index contributed by atoms with van der Waals surface area (Å²) in [5, 5.41) is 3.44. The van der Waals surface area contributed by atoms with Crippen LogP contribution in [-0.4, -0.2) is 43.6 Å². The number of likely N-dealkylation sites (tertiary alicyclic amines) is 1. The lowest BCUT2D eigenvalue weighted by atomic mass is 9.95. The van der Waals surface area contributed by atoms with Crippen molar-refractivity contribution in [2.75, 3.05) is 32.8 Å². The maximum Gasteiger partial charge on any atom is 0.193 e. The van der Waals surface area contributed by atoms with E-state index in [1.54, 1.807) is 0 Å². The van der Waals surface area contributed by atoms with Crippen molar-refractivity contribution in [3.05, 3.63) is 35.9 Å². The molecule has 0 bridgehead atoms. The lowest BCUT2D eigenvalue weighted by molar-refractivity contribution is 0.0925. The standard InChI is InChI=1S/C18H27N3O/c1-2-19-18(21-11-6-7-12-21)20-14-16-10-13-22-17(16)15-8-4-3-5-9-15/h3-5,8-9,16-17H,2,6-7,10-14H2,1H3,(H,19,20). The Balaban J connectivity index is 1.66. The van der Waals surface area contributed by atoms with Gasteiger partial charge in [0.1, 0.15) is 0 Å². The van der Waals surface area contributed by atoms with Gasteiger partial charge in [-0.3, -0.25) is 4.99 Å². The lowest BCUT2D eigenvalue weighted by Gasteiger charge is -2.22. The number of hydrogen-bond acceptors (Lipinski definition) is 2. The highest BCUT2D eigenvalue weighted by atomic mass is 16.5. The molecule has 4 heteroatoms. The van der Waals surface area contributed by atoms with Crippen LogP contribution < -0.4 is 5.32 Å². The van der Waals surface area contributed by atoms with Gasteiger partial charge < -0.3 is 15.0 Å². The molecule has 2 aliphatic heterocycles. The number of aliphatic imine (C=N–C) groups is 1. The molecule has 120 valence electrons. The largest absolute Gasteiger partial charge is 0.373 e. The van der Waals surface area contributed by atoms with Gasteiger partial charge in [0.15, 0.2) is 5.96 Å². The summed E-state index contributed by atoms with van der Waals surface area (Å²) in [7, 11) is 0. The van der Waals surface area contributed by atoms with Crippen molar-refractivity contribution in [2.45, 2.75) is 32.3 Å². The molecular formula is C18H27N3O. The minimum absolute atomic E-state index is 0.200. The smallest absolute Gasteiger partial charge is 0.193 e. The van der Waals surface area contributed by atoms with Crippen LogP contribution in [-0.2, 0) is 4.74 Å². The molecule has 0 aliphatic carbocycles. The summed E-state index contributed by atoms with van der Waals surface area (Å²) in [5.74, 6) is 1.57. The molecule has 0 aromatic heterocycles. The predicted molar refractivity (Wildman–Crippen MR) is 90.0 cm³/mol. The van der Waals surface area contributed by atoms with Crippen LogP contribution in [0.25, 0.3) is 0 Å². The Labute approximate surface area is 133 Å². The first-order valence-electron chi connectivity index (χ1n) is 8.58. The second-order valence-corrected chi connectivity index (χ2v) is 6.14. The van der Waals surface area contributed by atoms with Gasteiger partial charge in [-0.05, 0) is 31.7 Å². The zero-order valence-electron chi connectivity index (χ0n) is 13.5. The van der Waals surface area contributed by atoms with Gasteiger partial charge in [0.25, 0.3) is 0 Å². The third kappa shape index (κ3) is 3.61. The van der Waals surface area contributed by atoms with Crippen LogP contribution in [0.3, 0.4) is 0 Å². The molecule has 2 saturated heterocycles. The predicted octanol–water partition coefficient (Wildman–Crippen LogP) is 2.83. The number of benzene rings is 1. The van der Waals surface area contributed by atoms with Crippen molar-refractivity contribution in [1.29, 1.82) is 0 Å². The van der Waals surface area contributed by atoms with E-state index < -0.39 is 0 Å². The molecule has 4 nitrogen and oxygen atoms in total. The molecule has 3 rings (SSSR count). The molecule has 0 amide bonds. The van der Waals surface area contributed by atoms with Crippen molar-refractivity contribution in [3.63, 3.8) is 0 Å². The van der Waals surface area contributed by atoms with Gasteiger partial charge in [0.2, 0.25) is 0 Å².